The first-order valence-corrected chi connectivity index (χ1v) is 5.44. The highest BCUT2D eigenvalue weighted by atomic mass is 15.2. The van der Waals surface area contributed by atoms with Crippen molar-refractivity contribution in [2.75, 3.05) is 0 Å². The maximum atomic E-state index is 4.64. The minimum Gasteiger partial charge on any atom is -0.237 e. The lowest BCUT2D eigenvalue weighted by molar-refractivity contribution is 0.686. The number of rotatable bonds is 2. The molecule has 0 atom stereocenters. The minimum absolute atomic E-state index is 0.370. The zero-order valence-corrected chi connectivity index (χ0v) is 9.73. The van der Waals surface area contributed by atoms with Crippen molar-refractivity contribution in [1.29, 1.82) is 0 Å². The van der Waals surface area contributed by atoms with Gasteiger partial charge in [0.1, 0.15) is 0 Å². The summed E-state index contributed by atoms with van der Waals surface area (Å²) < 4.78 is 1.93. The third-order valence-electron chi connectivity index (χ3n) is 2.50. The zero-order chi connectivity index (χ0) is 11.0. The van der Waals surface area contributed by atoms with E-state index < -0.39 is 0 Å². The highest BCUT2D eigenvalue weighted by molar-refractivity contribution is 5.52. The van der Waals surface area contributed by atoms with Gasteiger partial charge < -0.3 is 0 Å². The van der Waals surface area contributed by atoms with Crippen LogP contribution in [0.1, 0.15) is 51.0 Å². The fourth-order valence-corrected chi connectivity index (χ4v) is 1.65. The van der Waals surface area contributed by atoms with E-state index in [1.807, 2.05) is 16.8 Å². The molecule has 2 rings (SSSR count). The van der Waals surface area contributed by atoms with Crippen LogP contribution in [0, 0.1) is 0 Å². The second-order valence-electron chi connectivity index (χ2n) is 4.50. The lowest BCUT2D eigenvalue weighted by atomic mass is 10.1. The molecule has 80 valence electrons. The van der Waals surface area contributed by atoms with Crippen molar-refractivity contribution in [3.05, 3.63) is 29.8 Å². The molecule has 2 aromatic rings. The molecule has 0 fully saturated rings. The Morgan fingerprint density at radius 3 is 2.47 bits per heavy atom. The molecular formula is C12H17N3. The smallest absolute Gasteiger partial charge is 0.152 e. The lowest BCUT2D eigenvalue weighted by Gasteiger charge is -2.11. The Bertz CT molecular complexity index is 469. The predicted octanol–water partition coefficient (Wildman–Crippen LogP) is 2.98. The third-order valence-corrected chi connectivity index (χ3v) is 2.50. The molecule has 3 heteroatoms. The molecule has 0 saturated heterocycles. The van der Waals surface area contributed by atoms with Crippen LogP contribution >= 0.6 is 0 Å². The van der Waals surface area contributed by atoms with Crippen molar-refractivity contribution in [3.63, 3.8) is 0 Å². The van der Waals surface area contributed by atoms with Gasteiger partial charge in [0, 0.05) is 12.1 Å². The summed E-state index contributed by atoms with van der Waals surface area (Å²) in [6.45, 7) is 8.57. The van der Waals surface area contributed by atoms with Gasteiger partial charge in [0.2, 0.25) is 0 Å². The second-order valence-corrected chi connectivity index (χ2v) is 4.50. The summed E-state index contributed by atoms with van der Waals surface area (Å²) in [5, 5.41) is 4.48. The summed E-state index contributed by atoms with van der Waals surface area (Å²) in [5.74, 6) is 1.72. The highest BCUT2D eigenvalue weighted by Gasteiger charge is 2.12. The average molecular weight is 203 g/mol. The molecule has 2 heterocycles. The van der Waals surface area contributed by atoms with E-state index in [0.29, 0.717) is 11.8 Å². The van der Waals surface area contributed by atoms with Crippen LogP contribution in [0.5, 0.6) is 0 Å². The van der Waals surface area contributed by atoms with Crippen LogP contribution in [0.3, 0.4) is 0 Å². The topological polar surface area (TPSA) is 30.2 Å². The van der Waals surface area contributed by atoms with Crippen molar-refractivity contribution in [2.45, 2.75) is 39.5 Å². The second kappa shape index (κ2) is 3.65. The van der Waals surface area contributed by atoms with Crippen LogP contribution in [-0.2, 0) is 0 Å². The minimum atomic E-state index is 0.370. The molecular weight excluding hydrogens is 186 g/mol. The van der Waals surface area contributed by atoms with Crippen molar-refractivity contribution >= 4 is 5.52 Å². The number of fused-ring (bicyclic) bond motifs is 1. The van der Waals surface area contributed by atoms with E-state index in [1.165, 1.54) is 0 Å². The molecule has 0 aromatic carbocycles. The van der Waals surface area contributed by atoms with Gasteiger partial charge in [-0.3, -0.25) is 0 Å². The fourth-order valence-electron chi connectivity index (χ4n) is 1.65. The van der Waals surface area contributed by atoms with E-state index in [2.05, 4.69) is 43.8 Å². The van der Waals surface area contributed by atoms with E-state index in [0.717, 1.165) is 17.0 Å². The van der Waals surface area contributed by atoms with E-state index >= 15 is 0 Å². The Kier molecular flexibility index (Phi) is 2.47. The van der Waals surface area contributed by atoms with Gasteiger partial charge in [0.15, 0.2) is 5.82 Å². The maximum Gasteiger partial charge on any atom is 0.152 e. The molecule has 2 aromatic heterocycles. The first kappa shape index (κ1) is 10.1. The van der Waals surface area contributed by atoms with E-state index in [9.17, 15) is 0 Å². The molecule has 0 aliphatic heterocycles. The summed E-state index contributed by atoms with van der Waals surface area (Å²) >= 11 is 0. The summed E-state index contributed by atoms with van der Waals surface area (Å²) in [7, 11) is 0. The Hall–Kier alpha value is -1.38. The molecule has 15 heavy (non-hydrogen) atoms. The molecule has 0 N–H and O–H groups in total. The lowest BCUT2D eigenvalue weighted by Crippen LogP contribution is -2.08. The summed E-state index contributed by atoms with van der Waals surface area (Å²) in [6.07, 6.45) is 1.98. The van der Waals surface area contributed by atoms with Crippen LogP contribution in [0.4, 0.5) is 0 Å². The Labute approximate surface area is 90.1 Å². The van der Waals surface area contributed by atoms with Gasteiger partial charge in [0.25, 0.3) is 0 Å². The van der Waals surface area contributed by atoms with E-state index in [1.54, 1.807) is 0 Å². The first-order chi connectivity index (χ1) is 7.09. The van der Waals surface area contributed by atoms with Crippen LogP contribution in [0.2, 0.25) is 0 Å². The normalized spacial score (nSPS) is 11.9. The van der Waals surface area contributed by atoms with E-state index in [4.69, 9.17) is 0 Å². The monoisotopic (exact) mass is 203 g/mol. The molecule has 0 unspecified atom stereocenters. The van der Waals surface area contributed by atoms with Crippen LogP contribution < -0.4 is 0 Å². The van der Waals surface area contributed by atoms with Crippen molar-refractivity contribution in [1.82, 2.24) is 14.6 Å². The SMILES string of the molecule is CC(C)c1nc(C(C)C)c2cccn2n1. The van der Waals surface area contributed by atoms with Crippen LogP contribution in [0.25, 0.3) is 5.52 Å². The quantitative estimate of drug-likeness (QED) is 0.751. The van der Waals surface area contributed by atoms with Gasteiger partial charge in [-0.2, -0.15) is 5.10 Å². The Morgan fingerprint density at radius 2 is 1.87 bits per heavy atom. The van der Waals surface area contributed by atoms with Gasteiger partial charge in [-0.05, 0) is 18.1 Å². The fraction of sp³-hybridized carbons (Fsp3) is 0.500. The maximum absolute atomic E-state index is 4.64. The van der Waals surface area contributed by atoms with Gasteiger partial charge in [0.05, 0.1) is 11.2 Å². The molecule has 3 nitrogen and oxygen atoms in total. The molecule has 0 spiro atoms. The molecule has 0 bridgehead atoms. The zero-order valence-electron chi connectivity index (χ0n) is 9.73. The summed E-state index contributed by atoms with van der Waals surface area (Å²) in [4.78, 5) is 4.64. The first-order valence-electron chi connectivity index (χ1n) is 5.44. The third kappa shape index (κ3) is 1.74. The van der Waals surface area contributed by atoms with Gasteiger partial charge in [-0.25, -0.2) is 9.50 Å². The number of aromatic nitrogens is 3. The number of nitrogens with zero attached hydrogens (tertiary/aromatic N) is 3. The van der Waals surface area contributed by atoms with Gasteiger partial charge in [-0.15, -0.1) is 0 Å². The highest BCUT2D eigenvalue weighted by Crippen LogP contribution is 2.20. The summed E-state index contributed by atoms with van der Waals surface area (Å²) in [6, 6.07) is 4.08. The largest absolute Gasteiger partial charge is 0.237 e. The Morgan fingerprint density at radius 1 is 1.13 bits per heavy atom. The van der Waals surface area contributed by atoms with Crippen molar-refractivity contribution in [3.8, 4) is 0 Å². The number of hydrogen-bond acceptors (Lipinski definition) is 2. The van der Waals surface area contributed by atoms with Gasteiger partial charge >= 0.3 is 0 Å². The van der Waals surface area contributed by atoms with Crippen LogP contribution in [0.15, 0.2) is 18.3 Å². The van der Waals surface area contributed by atoms with E-state index in [-0.39, 0.29) is 0 Å². The Balaban J connectivity index is 2.69. The number of hydrogen-bond donors (Lipinski definition) is 0. The molecule has 0 saturated carbocycles. The van der Waals surface area contributed by atoms with Crippen molar-refractivity contribution in [2.24, 2.45) is 0 Å². The molecule has 0 amide bonds. The summed E-state index contributed by atoms with van der Waals surface area (Å²) in [5.41, 5.74) is 2.26. The molecule has 0 aliphatic rings. The van der Waals surface area contributed by atoms with Crippen molar-refractivity contribution < 1.29 is 0 Å². The predicted molar refractivity (Wildman–Crippen MR) is 61.2 cm³/mol. The van der Waals surface area contributed by atoms with Gasteiger partial charge in [-0.1, -0.05) is 27.7 Å². The standard InChI is InChI=1S/C12H17N3/c1-8(2)11-10-6-5-7-15(10)14-12(13-11)9(3)4/h5-9H,1-4H3. The average Bonchev–Trinajstić information content (AvgIpc) is 2.62. The molecule has 0 radical (unpaired) electrons. The van der Waals surface area contributed by atoms with Crippen LogP contribution in [-0.4, -0.2) is 14.6 Å². The molecule has 0 aliphatic carbocycles.